The minimum absolute atomic E-state index is 0.0428. The number of hydrogen-bond acceptors (Lipinski definition) is 1. The maximum atomic E-state index is 13.4. The third-order valence-corrected chi connectivity index (χ3v) is 3.01. The lowest BCUT2D eigenvalue weighted by molar-refractivity contribution is 0.292. The summed E-state index contributed by atoms with van der Waals surface area (Å²) in [5.41, 5.74) is 1.18. The summed E-state index contributed by atoms with van der Waals surface area (Å²) >= 11 is 0. The second-order valence-corrected chi connectivity index (χ2v) is 5.23. The van der Waals surface area contributed by atoms with Crippen LogP contribution < -0.4 is 4.74 Å². The van der Waals surface area contributed by atoms with Gasteiger partial charge in [0, 0.05) is 0 Å². The molecule has 0 aliphatic carbocycles. The Morgan fingerprint density at radius 3 is 2.10 bits per heavy atom. The van der Waals surface area contributed by atoms with Crippen LogP contribution in [-0.4, -0.2) is 0 Å². The normalized spacial score (nSPS) is 10.8. The van der Waals surface area contributed by atoms with Gasteiger partial charge in [0.1, 0.15) is 24.0 Å². The molecule has 1 nitrogen and oxygen atoms in total. The highest BCUT2D eigenvalue weighted by atomic mass is 19.1. The largest absolute Gasteiger partial charge is 0.489 e. The summed E-state index contributed by atoms with van der Waals surface area (Å²) in [4.78, 5) is 0. The van der Waals surface area contributed by atoms with Gasteiger partial charge in [-0.1, -0.05) is 32.0 Å². The van der Waals surface area contributed by atoms with Crippen LogP contribution in [0.5, 0.6) is 5.75 Å². The van der Waals surface area contributed by atoms with Gasteiger partial charge in [-0.2, -0.15) is 0 Å². The number of ether oxygens (including phenoxy) is 1. The van der Waals surface area contributed by atoms with Crippen molar-refractivity contribution in [2.24, 2.45) is 5.92 Å². The van der Waals surface area contributed by atoms with Crippen LogP contribution in [0.2, 0.25) is 0 Å². The molecule has 0 unspecified atom stereocenters. The first-order valence-corrected chi connectivity index (χ1v) is 6.71. The van der Waals surface area contributed by atoms with Crippen LogP contribution in [0.25, 0.3) is 0 Å². The lowest BCUT2D eigenvalue weighted by Crippen LogP contribution is -2.02. The lowest BCUT2D eigenvalue weighted by atomic mass is 10.0. The summed E-state index contributed by atoms with van der Waals surface area (Å²) in [7, 11) is 0. The van der Waals surface area contributed by atoms with Gasteiger partial charge in [0.05, 0.1) is 5.56 Å². The highest BCUT2D eigenvalue weighted by Gasteiger charge is 2.09. The van der Waals surface area contributed by atoms with Crippen LogP contribution in [0.4, 0.5) is 8.78 Å². The molecule has 0 saturated carbocycles. The Morgan fingerprint density at radius 1 is 0.950 bits per heavy atom. The molecule has 0 radical (unpaired) electrons. The van der Waals surface area contributed by atoms with Crippen LogP contribution in [0.3, 0.4) is 0 Å². The molecule has 0 fully saturated rings. The van der Waals surface area contributed by atoms with E-state index in [9.17, 15) is 8.78 Å². The minimum Gasteiger partial charge on any atom is -0.489 e. The van der Waals surface area contributed by atoms with E-state index in [-0.39, 0.29) is 12.2 Å². The summed E-state index contributed by atoms with van der Waals surface area (Å²) in [5.74, 6) is 0.0392. The van der Waals surface area contributed by atoms with Gasteiger partial charge in [-0.15, -0.1) is 0 Å². The standard InChI is InChI=1S/C17H18F2O/c1-12(2)10-13-6-8-14(9-7-13)20-11-15-16(18)4-3-5-17(15)19/h3-9,12H,10-11H2,1-2H3. The molecule has 0 saturated heterocycles. The zero-order valence-electron chi connectivity index (χ0n) is 11.7. The minimum atomic E-state index is -0.582. The van der Waals surface area contributed by atoms with E-state index in [0.29, 0.717) is 11.7 Å². The molecule has 0 aromatic heterocycles. The fraction of sp³-hybridized carbons (Fsp3) is 0.294. The second-order valence-electron chi connectivity index (χ2n) is 5.23. The van der Waals surface area contributed by atoms with Crippen molar-refractivity contribution in [1.29, 1.82) is 0 Å². The van der Waals surface area contributed by atoms with E-state index in [1.807, 2.05) is 24.3 Å². The predicted octanol–water partition coefficient (Wildman–Crippen LogP) is 4.74. The number of hydrogen-bond donors (Lipinski definition) is 0. The molecule has 0 amide bonds. The van der Waals surface area contributed by atoms with Gasteiger partial charge in [-0.3, -0.25) is 0 Å². The highest BCUT2D eigenvalue weighted by molar-refractivity contribution is 5.28. The zero-order chi connectivity index (χ0) is 14.5. The fourth-order valence-corrected chi connectivity index (χ4v) is 2.02. The van der Waals surface area contributed by atoms with E-state index < -0.39 is 11.6 Å². The Labute approximate surface area is 118 Å². The van der Waals surface area contributed by atoms with Gasteiger partial charge in [0.25, 0.3) is 0 Å². The Morgan fingerprint density at radius 2 is 1.55 bits per heavy atom. The molecular weight excluding hydrogens is 258 g/mol. The molecule has 2 aromatic carbocycles. The van der Waals surface area contributed by atoms with E-state index in [1.54, 1.807) is 0 Å². The van der Waals surface area contributed by atoms with Gasteiger partial charge in [0.15, 0.2) is 0 Å². The van der Waals surface area contributed by atoms with Crippen LogP contribution in [0.15, 0.2) is 42.5 Å². The predicted molar refractivity (Wildman–Crippen MR) is 75.7 cm³/mol. The maximum absolute atomic E-state index is 13.4. The molecule has 0 N–H and O–H groups in total. The molecule has 0 aliphatic heterocycles. The van der Waals surface area contributed by atoms with Crippen molar-refractivity contribution in [3.05, 3.63) is 65.2 Å². The lowest BCUT2D eigenvalue weighted by Gasteiger charge is -2.09. The second kappa shape index (κ2) is 6.51. The monoisotopic (exact) mass is 276 g/mol. The summed E-state index contributed by atoms with van der Waals surface area (Å²) in [6, 6.07) is 11.4. The van der Waals surface area contributed by atoms with Crippen LogP contribution in [-0.2, 0) is 13.0 Å². The molecular formula is C17H18F2O. The van der Waals surface area contributed by atoms with Crippen molar-refractivity contribution >= 4 is 0 Å². The smallest absolute Gasteiger partial charge is 0.132 e. The quantitative estimate of drug-likeness (QED) is 0.766. The van der Waals surface area contributed by atoms with E-state index in [2.05, 4.69) is 13.8 Å². The van der Waals surface area contributed by atoms with Crippen molar-refractivity contribution in [1.82, 2.24) is 0 Å². The van der Waals surface area contributed by atoms with E-state index in [1.165, 1.54) is 23.8 Å². The molecule has 0 atom stereocenters. The number of rotatable bonds is 5. The maximum Gasteiger partial charge on any atom is 0.132 e. The van der Waals surface area contributed by atoms with Crippen LogP contribution in [0, 0.1) is 17.6 Å². The van der Waals surface area contributed by atoms with Crippen molar-refractivity contribution < 1.29 is 13.5 Å². The fourth-order valence-electron chi connectivity index (χ4n) is 2.02. The molecule has 106 valence electrons. The Kier molecular flexibility index (Phi) is 4.72. The Bertz CT molecular complexity index is 541. The van der Waals surface area contributed by atoms with Gasteiger partial charge in [-0.05, 0) is 42.2 Å². The summed E-state index contributed by atoms with van der Waals surface area (Å²) in [6.07, 6.45) is 1.00. The molecule has 20 heavy (non-hydrogen) atoms. The average Bonchev–Trinajstić information content (AvgIpc) is 2.39. The first-order chi connectivity index (χ1) is 9.56. The molecule has 2 aromatic rings. The van der Waals surface area contributed by atoms with E-state index in [0.717, 1.165) is 6.42 Å². The first-order valence-electron chi connectivity index (χ1n) is 6.71. The molecule has 0 bridgehead atoms. The molecule has 0 spiro atoms. The van der Waals surface area contributed by atoms with Gasteiger partial charge in [-0.25, -0.2) is 8.78 Å². The van der Waals surface area contributed by atoms with E-state index >= 15 is 0 Å². The third kappa shape index (κ3) is 3.80. The Hall–Kier alpha value is -1.90. The van der Waals surface area contributed by atoms with Crippen molar-refractivity contribution in [3.8, 4) is 5.75 Å². The van der Waals surface area contributed by atoms with Gasteiger partial charge in [0.2, 0.25) is 0 Å². The zero-order valence-corrected chi connectivity index (χ0v) is 11.7. The van der Waals surface area contributed by atoms with E-state index in [4.69, 9.17) is 4.74 Å². The van der Waals surface area contributed by atoms with Crippen molar-refractivity contribution in [3.63, 3.8) is 0 Å². The molecule has 3 heteroatoms. The Balaban J connectivity index is 2.00. The third-order valence-electron chi connectivity index (χ3n) is 3.01. The molecule has 0 aliphatic rings. The summed E-state index contributed by atoms with van der Waals surface area (Å²) < 4.78 is 32.3. The van der Waals surface area contributed by atoms with Gasteiger partial charge < -0.3 is 4.74 Å². The van der Waals surface area contributed by atoms with Gasteiger partial charge >= 0.3 is 0 Å². The number of halogens is 2. The van der Waals surface area contributed by atoms with Crippen molar-refractivity contribution in [2.75, 3.05) is 0 Å². The SMILES string of the molecule is CC(C)Cc1ccc(OCc2c(F)cccc2F)cc1. The highest BCUT2D eigenvalue weighted by Crippen LogP contribution is 2.18. The molecule has 2 rings (SSSR count). The van der Waals surface area contributed by atoms with Crippen LogP contribution in [0.1, 0.15) is 25.0 Å². The topological polar surface area (TPSA) is 9.23 Å². The average molecular weight is 276 g/mol. The molecule has 0 heterocycles. The summed E-state index contributed by atoms with van der Waals surface area (Å²) in [5, 5.41) is 0. The number of benzene rings is 2. The van der Waals surface area contributed by atoms with Crippen molar-refractivity contribution in [2.45, 2.75) is 26.9 Å². The summed E-state index contributed by atoms with van der Waals surface area (Å²) in [6.45, 7) is 4.21. The van der Waals surface area contributed by atoms with Crippen LogP contribution >= 0.6 is 0 Å². The first kappa shape index (κ1) is 14.5.